The zero-order valence-electron chi connectivity index (χ0n) is 21.3. The third-order valence-electron chi connectivity index (χ3n) is 6.48. The van der Waals surface area contributed by atoms with Gasteiger partial charge >= 0.3 is 6.09 Å². The van der Waals surface area contributed by atoms with Crippen LogP contribution < -0.4 is 11.1 Å². The predicted molar refractivity (Wildman–Crippen MR) is 134 cm³/mol. The fraction of sp³-hybridized carbons (Fsp3) is 0.583. The van der Waals surface area contributed by atoms with E-state index in [9.17, 15) is 4.79 Å². The molecule has 1 aliphatic carbocycles. The highest BCUT2D eigenvalue weighted by molar-refractivity contribution is 6.29. The van der Waals surface area contributed by atoms with Crippen LogP contribution in [0.1, 0.15) is 47.1 Å². The van der Waals surface area contributed by atoms with Gasteiger partial charge in [-0.05, 0) is 58.7 Å². The number of halogens is 1. The summed E-state index contributed by atoms with van der Waals surface area (Å²) in [6, 6.07) is 1.77. The highest BCUT2D eigenvalue weighted by Crippen LogP contribution is 2.48. The Balaban J connectivity index is 1.52. The number of nitrogens with one attached hydrogen (secondary N) is 1. The minimum Gasteiger partial charge on any atom is -0.444 e. The molecule has 194 valence electrons. The zero-order chi connectivity index (χ0) is 26.0. The Kier molecular flexibility index (Phi) is 5.92. The predicted octanol–water partition coefficient (Wildman–Crippen LogP) is 3.67. The van der Waals surface area contributed by atoms with E-state index in [-0.39, 0.29) is 35.3 Å². The van der Waals surface area contributed by atoms with E-state index in [0.29, 0.717) is 24.0 Å². The summed E-state index contributed by atoms with van der Waals surface area (Å²) in [7, 11) is 1.86. The first-order valence-electron chi connectivity index (χ1n) is 12.0. The molecule has 3 aromatic rings. The Morgan fingerprint density at radius 2 is 2.03 bits per heavy atom. The molecule has 0 radical (unpaired) electrons. The van der Waals surface area contributed by atoms with E-state index in [1.165, 1.54) is 0 Å². The Morgan fingerprint density at radius 1 is 1.31 bits per heavy atom. The van der Waals surface area contributed by atoms with Gasteiger partial charge in [0.2, 0.25) is 5.28 Å². The highest BCUT2D eigenvalue weighted by atomic mass is 35.5. The molecule has 4 atom stereocenters. The number of carbonyl (C=O) groups is 1. The molecule has 1 saturated carbocycles. The quantitative estimate of drug-likeness (QED) is 0.501. The standard InChI is InChI=1S/C24H32ClN7O4/c1-23(2,3)36-22(33)27-10-12-9-15(18-17(12)34-24(4,5)35-18)32-11-13(14-7-8-31(6)30-14)16-19(26)28-21(25)29-20(16)32/h7-8,11-12,15,17-18H,9-10H2,1-6H3,(H,27,33)(H2,26,28,29)/t12-,15-,17-,18+/m1/s1. The van der Waals surface area contributed by atoms with Crippen LogP contribution in [0.4, 0.5) is 10.6 Å². The second-order valence-corrected chi connectivity index (χ2v) is 11.2. The lowest BCUT2D eigenvalue weighted by Crippen LogP contribution is -2.38. The summed E-state index contributed by atoms with van der Waals surface area (Å²) < 4.78 is 21.9. The van der Waals surface area contributed by atoms with Crippen LogP contribution in [0.5, 0.6) is 0 Å². The molecule has 36 heavy (non-hydrogen) atoms. The lowest BCUT2D eigenvalue weighted by atomic mass is 10.1. The number of nitrogens with two attached hydrogens (primary N) is 1. The minimum absolute atomic E-state index is 0.0142. The number of alkyl carbamates (subject to hydrolysis) is 1. The van der Waals surface area contributed by atoms with E-state index in [2.05, 4.69) is 20.4 Å². The molecular formula is C24H32ClN7O4. The normalized spacial score (nSPS) is 25.3. The third kappa shape index (κ3) is 4.62. The molecule has 3 N–H and O–H groups in total. The van der Waals surface area contributed by atoms with Gasteiger partial charge in [0.15, 0.2) is 5.79 Å². The van der Waals surface area contributed by atoms with Crippen LogP contribution in [0, 0.1) is 5.92 Å². The summed E-state index contributed by atoms with van der Waals surface area (Å²) in [6.07, 6.45) is 3.56. The number of amides is 1. The first-order valence-corrected chi connectivity index (χ1v) is 12.4. The average molecular weight is 518 g/mol. The molecule has 0 bridgehead atoms. The SMILES string of the molecule is Cn1ccc(-c2cn([C@@H]3C[C@H](CNC(=O)OC(C)(C)C)[C@H]4OC(C)(C)O[C@H]43)c3nc(Cl)nc(N)c23)n1. The Bertz CT molecular complexity index is 1310. The number of nitrogens with zero attached hydrogens (tertiary/aromatic N) is 5. The van der Waals surface area contributed by atoms with Crippen LogP contribution >= 0.6 is 11.6 Å². The number of hydrogen-bond acceptors (Lipinski definition) is 8. The number of hydrogen-bond donors (Lipinski definition) is 2. The fourth-order valence-corrected chi connectivity index (χ4v) is 5.38. The fourth-order valence-electron chi connectivity index (χ4n) is 5.21. The van der Waals surface area contributed by atoms with Crippen molar-refractivity contribution in [1.29, 1.82) is 0 Å². The number of ether oxygens (including phenoxy) is 3. The maximum atomic E-state index is 12.3. The molecule has 3 aromatic heterocycles. The summed E-state index contributed by atoms with van der Waals surface area (Å²) in [5.74, 6) is -0.498. The largest absolute Gasteiger partial charge is 0.444 e. The van der Waals surface area contributed by atoms with Crippen LogP contribution in [0.15, 0.2) is 18.5 Å². The van der Waals surface area contributed by atoms with Crippen molar-refractivity contribution in [2.75, 3.05) is 12.3 Å². The monoisotopic (exact) mass is 517 g/mol. The number of aromatic nitrogens is 5. The molecule has 1 aliphatic heterocycles. The number of nitrogen functional groups attached to an aromatic ring is 1. The molecular weight excluding hydrogens is 486 g/mol. The summed E-state index contributed by atoms with van der Waals surface area (Å²) in [4.78, 5) is 21.1. The van der Waals surface area contributed by atoms with Gasteiger partial charge in [-0.1, -0.05) is 0 Å². The van der Waals surface area contributed by atoms with Gasteiger partial charge in [-0.2, -0.15) is 10.1 Å². The molecule has 0 spiro atoms. The maximum absolute atomic E-state index is 12.3. The Hall–Kier alpha value is -2.89. The number of aryl methyl sites for hydroxylation is 1. The van der Waals surface area contributed by atoms with Gasteiger partial charge in [-0.25, -0.2) is 9.78 Å². The molecule has 5 rings (SSSR count). The smallest absolute Gasteiger partial charge is 0.407 e. The molecule has 4 heterocycles. The average Bonchev–Trinajstić information content (AvgIpc) is 3.47. The lowest BCUT2D eigenvalue weighted by Gasteiger charge is -2.25. The van der Waals surface area contributed by atoms with Gasteiger partial charge in [0.05, 0.1) is 23.2 Å². The van der Waals surface area contributed by atoms with E-state index in [1.54, 1.807) is 4.68 Å². The van der Waals surface area contributed by atoms with Gasteiger partial charge < -0.3 is 29.8 Å². The highest BCUT2D eigenvalue weighted by Gasteiger charge is 2.55. The van der Waals surface area contributed by atoms with Crippen LogP contribution in [0.25, 0.3) is 22.3 Å². The lowest BCUT2D eigenvalue weighted by molar-refractivity contribution is -0.160. The molecule has 2 aliphatic rings. The Morgan fingerprint density at radius 3 is 2.69 bits per heavy atom. The van der Waals surface area contributed by atoms with E-state index >= 15 is 0 Å². The zero-order valence-corrected chi connectivity index (χ0v) is 22.0. The van der Waals surface area contributed by atoms with E-state index < -0.39 is 17.5 Å². The van der Waals surface area contributed by atoms with E-state index in [4.69, 9.17) is 31.5 Å². The second-order valence-electron chi connectivity index (χ2n) is 10.9. The number of rotatable bonds is 4. The number of carbonyl (C=O) groups excluding carboxylic acids is 1. The van der Waals surface area contributed by atoms with Gasteiger partial charge in [-0.3, -0.25) is 4.68 Å². The number of anilines is 1. The molecule has 0 unspecified atom stereocenters. The van der Waals surface area contributed by atoms with Crippen molar-refractivity contribution in [1.82, 2.24) is 29.6 Å². The molecule has 11 nitrogen and oxygen atoms in total. The van der Waals surface area contributed by atoms with Crippen LogP contribution in [0.2, 0.25) is 5.28 Å². The van der Waals surface area contributed by atoms with Gasteiger partial charge in [0.1, 0.15) is 23.2 Å². The first kappa shape index (κ1) is 24.8. The molecule has 1 amide bonds. The van der Waals surface area contributed by atoms with Crippen molar-refractivity contribution < 1.29 is 19.0 Å². The minimum atomic E-state index is -0.767. The summed E-state index contributed by atoms with van der Waals surface area (Å²) in [5, 5.41) is 8.20. The van der Waals surface area contributed by atoms with Crippen LogP contribution in [-0.4, -0.2) is 60.5 Å². The van der Waals surface area contributed by atoms with Crippen molar-refractivity contribution in [3.05, 3.63) is 23.7 Å². The topological polar surface area (TPSA) is 131 Å². The maximum Gasteiger partial charge on any atom is 0.407 e. The van der Waals surface area contributed by atoms with Crippen molar-refractivity contribution in [2.45, 2.75) is 70.7 Å². The third-order valence-corrected chi connectivity index (χ3v) is 6.65. The van der Waals surface area contributed by atoms with Crippen molar-refractivity contribution >= 4 is 34.5 Å². The Labute approximate surface area is 214 Å². The van der Waals surface area contributed by atoms with Crippen molar-refractivity contribution in [3.63, 3.8) is 0 Å². The number of fused-ring (bicyclic) bond motifs is 2. The summed E-state index contributed by atoms with van der Waals surface area (Å²) in [5.41, 5.74) is 7.91. The van der Waals surface area contributed by atoms with E-state index in [0.717, 1.165) is 11.3 Å². The molecule has 12 heteroatoms. The van der Waals surface area contributed by atoms with Gasteiger partial charge in [-0.15, -0.1) is 0 Å². The van der Waals surface area contributed by atoms with Gasteiger partial charge in [0.25, 0.3) is 0 Å². The first-order chi connectivity index (χ1) is 16.8. The molecule has 2 fully saturated rings. The summed E-state index contributed by atoms with van der Waals surface area (Å²) >= 11 is 6.23. The van der Waals surface area contributed by atoms with Crippen molar-refractivity contribution in [2.24, 2.45) is 13.0 Å². The van der Waals surface area contributed by atoms with E-state index in [1.807, 2.05) is 64.7 Å². The summed E-state index contributed by atoms with van der Waals surface area (Å²) in [6.45, 7) is 9.67. The molecule has 1 saturated heterocycles. The van der Waals surface area contributed by atoms with Crippen molar-refractivity contribution in [3.8, 4) is 11.3 Å². The van der Waals surface area contributed by atoms with Crippen LogP contribution in [-0.2, 0) is 21.3 Å². The van der Waals surface area contributed by atoms with Gasteiger partial charge in [0, 0.05) is 37.5 Å². The molecule has 0 aromatic carbocycles. The van der Waals surface area contributed by atoms with Crippen LogP contribution in [0.3, 0.4) is 0 Å². The second kappa shape index (κ2) is 8.60.